The Balaban J connectivity index is 1.21. The Hall–Kier alpha value is -3.84. The maximum atomic E-state index is 13.2. The summed E-state index contributed by atoms with van der Waals surface area (Å²) >= 11 is 1.45. The fourth-order valence-electron chi connectivity index (χ4n) is 4.72. The zero-order valence-electron chi connectivity index (χ0n) is 19.2. The van der Waals surface area contributed by atoms with Crippen molar-refractivity contribution in [3.63, 3.8) is 0 Å². The summed E-state index contributed by atoms with van der Waals surface area (Å²) in [6, 6.07) is 28.7. The minimum Gasteiger partial charge on any atom is -0.358 e. The smallest absolute Gasteiger partial charge is 0.233 e. The first-order chi connectivity index (χ1) is 17.3. The number of thioether (sulfide) groups is 1. The van der Waals surface area contributed by atoms with Crippen LogP contribution in [0.4, 0.5) is 0 Å². The number of benzene rings is 3. The van der Waals surface area contributed by atoms with Crippen molar-refractivity contribution in [3.8, 4) is 5.69 Å². The van der Waals surface area contributed by atoms with Gasteiger partial charge in [-0.25, -0.2) is 0 Å². The SMILES string of the molecule is O=C(CSc1nnc(Cc2ccccc2)n1-c1ccccc1)N1CCc2[nH]c3ccccc3c2C1. The van der Waals surface area contributed by atoms with Gasteiger partial charge < -0.3 is 9.88 Å². The molecule has 0 bridgehead atoms. The van der Waals surface area contributed by atoms with Gasteiger partial charge in [-0.1, -0.05) is 78.5 Å². The molecule has 1 aliphatic heterocycles. The van der Waals surface area contributed by atoms with Gasteiger partial charge in [0, 0.05) is 53.8 Å². The quantitative estimate of drug-likeness (QED) is 0.348. The van der Waals surface area contributed by atoms with Crippen LogP contribution in [-0.2, 0) is 24.2 Å². The van der Waals surface area contributed by atoms with E-state index >= 15 is 0 Å². The van der Waals surface area contributed by atoms with Crippen molar-refractivity contribution in [1.29, 1.82) is 0 Å². The topological polar surface area (TPSA) is 66.8 Å². The van der Waals surface area contributed by atoms with E-state index in [2.05, 4.69) is 50.1 Å². The van der Waals surface area contributed by atoms with E-state index < -0.39 is 0 Å². The number of hydrogen-bond acceptors (Lipinski definition) is 4. The van der Waals surface area contributed by atoms with E-state index in [1.54, 1.807) is 0 Å². The van der Waals surface area contributed by atoms with Crippen molar-refractivity contribution < 1.29 is 4.79 Å². The summed E-state index contributed by atoms with van der Waals surface area (Å²) in [6.07, 6.45) is 1.52. The van der Waals surface area contributed by atoms with E-state index in [-0.39, 0.29) is 5.91 Å². The van der Waals surface area contributed by atoms with Crippen molar-refractivity contribution in [3.05, 3.63) is 108 Å². The van der Waals surface area contributed by atoms with Crippen LogP contribution in [0.15, 0.2) is 90.1 Å². The molecule has 7 heteroatoms. The molecule has 3 aromatic carbocycles. The summed E-state index contributed by atoms with van der Waals surface area (Å²) in [5.41, 5.74) is 5.80. The van der Waals surface area contributed by atoms with Gasteiger partial charge in [-0.15, -0.1) is 10.2 Å². The molecule has 0 atom stereocenters. The Morgan fingerprint density at radius 1 is 0.914 bits per heavy atom. The number of carbonyl (C=O) groups is 1. The predicted octanol–water partition coefficient (Wildman–Crippen LogP) is 5.02. The largest absolute Gasteiger partial charge is 0.358 e. The van der Waals surface area contributed by atoms with E-state index in [1.165, 1.54) is 34.0 Å². The van der Waals surface area contributed by atoms with E-state index in [1.807, 2.05) is 59.5 Å². The van der Waals surface area contributed by atoms with E-state index in [0.29, 0.717) is 18.7 Å². The summed E-state index contributed by atoms with van der Waals surface area (Å²) < 4.78 is 2.07. The number of aromatic amines is 1. The lowest BCUT2D eigenvalue weighted by Gasteiger charge is -2.27. The van der Waals surface area contributed by atoms with Gasteiger partial charge in [0.15, 0.2) is 5.16 Å². The van der Waals surface area contributed by atoms with Gasteiger partial charge in [0.05, 0.1) is 5.75 Å². The van der Waals surface area contributed by atoms with Crippen LogP contribution >= 0.6 is 11.8 Å². The molecule has 0 saturated heterocycles. The molecular formula is C28H25N5OS. The first kappa shape index (κ1) is 21.7. The lowest BCUT2D eigenvalue weighted by atomic mass is 10.0. The lowest BCUT2D eigenvalue weighted by Crippen LogP contribution is -2.36. The standard InChI is InChI=1S/C28H25N5OS/c34-27(32-16-15-25-23(18-32)22-13-7-8-14-24(22)29-25)19-35-28-31-30-26(17-20-9-3-1-4-10-20)33(28)21-11-5-2-6-12-21/h1-14,29H,15-19H2. The molecule has 1 amide bonds. The third kappa shape index (κ3) is 4.35. The summed E-state index contributed by atoms with van der Waals surface area (Å²) in [5.74, 6) is 1.31. The van der Waals surface area contributed by atoms with Crippen LogP contribution in [0.25, 0.3) is 16.6 Å². The molecule has 1 aliphatic rings. The third-order valence-electron chi connectivity index (χ3n) is 6.48. The molecule has 1 N–H and O–H groups in total. The van der Waals surface area contributed by atoms with E-state index in [4.69, 9.17) is 0 Å². The van der Waals surface area contributed by atoms with Gasteiger partial charge in [0.2, 0.25) is 5.91 Å². The van der Waals surface area contributed by atoms with Gasteiger partial charge in [0.25, 0.3) is 0 Å². The van der Waals surface area contributed by atoms with Crippen molar-refractivity contribution >= 4 is 28.6 Å². The Labute approximate surface area is 208 Å². The Kier molecular flexibility index (Phi) is 5.84. The number of aromatic nitrogens is 4. The first-order valence-electron chi connectivity index (χ1n) is 11.8. The fraction of sp³-hybridized carbons (Fsp3) is 0.179. The summed E-state index contributed by atoms with van der Waals surface area (Å²) in [4.78, 5) is 18.7. The number of amides is 1. The fourth-order valence-corrected chi connectivity index (χ4v) is 5.59. The average molecular weight is 480 g/mol. The molecule has 35 heavy (non-hydrogen) atoms. The molecule has 6 rings (SSSR count). The Morgan fingerprint density at radius 2 is 1.66 bits per heavy atom. The number of para-hydroxylation sites is 2. The summed E-state index contributed by atoms with van der Waals surface area (Å²) in [7, 11) is 0. The van der Waals surface area contributed by atoms with Gasteiger partial charge in [-0.05, 0) is 23.8 Å². The molecule has 5 aromatic rings. The first-order valence-corrected chi connectivity index (χ1v) is 12.8. The monoisotopic (exact) mass is 479 g/mol. The van der Waals surface area contributed by atoms with Crippen molar-refractivity contribution in [2.75, 3.05) is 12.3 Å². The zero-order chi connectivity index (χ0) is 23.6. The third-order valence-corrected chi connectivity index (χ3v) is 7.39. The van der Waals surface area contributed by atoms with Crippen LogP contribution in [0.3, 0.4) is 0 Å². The van der Waals surface area contributed by atoms with Crippen LogP contribution < -0.4 is 0 Å². The molecular weight excluding hydrogens is 454 g/mol. The van der Waals surface area contributed by atoms with Crippen molar-refractivity contribution in [2.45, 2.75) is 24.5 Å². The highest BCUT2D eigenvalue weighted by Crippen LogP contribution is 2.29. The maximum Gasteiger partial charge on any atom is 0.233 e. The Bertz CT molecular complexity index is 1480. The number of H-pyrrole nitrogens is 1. The second-order valence-electron chi connectivity index (χ2n) is 8.71. The predicted molar refractivity (Wildman–Crippen MR) is 139 cm³/mol. The number of nitrogens with zero attached hydrogens (tertiary/aromatic N) is 4. The molecule has 0 aliphatic carbocycles. The number of rotatable bonds is 6. The zero-order valence-corrected chi connectivity index (χ0v) is 20.0. The highest BCUT2D eigenvalue weighted by molar-refractivity contribution is 7.99. The summed E-state index contributed by atoms with van der Waals surface area (Å²) in [5, 5.41) is 10.9. The Morgan fingerprint density at radius 3 is 2.49 bits per heavy atom. The average Bonchev–Trinajstić information content (AvgIpc) is 3.49. The van der Waals surface area contributed by atoms with Crippen molar-refractivity contribution in [2.24, 2.45) is 0 Å². The van der Waals surface area contributed by atoms with Gasteiger partial charge in [0.1, 0.15) is 5.82 Å². The molecule has 3 heterocycles. The summed E-state index contributed by atoms with van der Waals surface area (Å²) in [6.45, 7) is 1.37. The van der Waals surface area contributed by atoms with Crippen molar-refractivity contribution in [1.82, 2.24) is 24.6 Å². The molecule has 0 unspecified atom stereocenters. The molecule has 6 nitrogen and oxygen atoms in total. The molecule has 0 radical (unpaired) electrons. The maximum absolute atomic E-state index is 13.2. The number of nitrogens with one attached hydrogen (secondary N) is 1. The number of hydrogen-bond donors (Lipinski definition) is 1. The second kappa shape index (κ2) is 9.43. The van der Waals surface area contributed by atoms with Crippen LogP contribution in [0, 0.1) is 0 Å². The number of fused-ring (bicyclic) bond motifs is 3. The highest BCUT2D eigenvalue weighted by Gasteiger charge is 2.25. The highest BCUT2D eigenvalue weighted by atomic mass is 32.2. The molecule has 0 fully saturated rings. The molecule has 0 saturated carbocycles. The normalized spacial score (nSPS) is 13.2. The van der Waals surface area contributed by atoms with E-state index in [9.17, 15) is 4.79 Å². The number of carbonyl (C=O) groups excluding carboxylic acids is 1. The molecule has 0 spiro atoms. The minimum absolute atomic E-state index is 0.123. The van der Waals surface area contributed by atoms with Gasteiger partial charge in [-0.2, -0.15) is 0 Å². The van der Waals surface area contributed by atoms with Gasteiger partial charge in [-0.3, -0.25) is 9.36 Å². The molecule has 2 aromatic heterocycles. The minimum atomic E-state index is 0.123. The molecule has 174 valence electrons. The lowest BCUT2D eigenvalue weighted by molar-refractivity contribution is -0.129. The van der Waals surface area contributed by atoms with E-state index in [0.717, 1.165) is 35.2 Å². The van der Waals surface area contributed by atoms with Crippen LogP contribution in [0.1, 0.15) is 22.6 Å². The van der Waals surface area contributed by atoms with Crippen LogP contribution in [0.2, 0.25) is 0 Å². The second-order valence-corrected chi connectivity index (χ2v) is 9.66. The van der Waals surface area contributed by atoms with Crippen LogP contribution in [-0.4, -0.2) is 42.9 Å². The van der Waals surface area contributed by atoms with Crippen LogP contribution in [0.5, 0.6) is 0 Å². The van der Waals surface area contributed by atoms with Gasteiger partial charge >= 0.3 is 0 Å².